The molecule has 0 radical (unpaired) electrons. The maximum atomic E-state index is 11.8. The summed E-state index contributed by atoms with van der Waals surface area (Å²) in [6.07, 6.45) is 1.43. The number of hydrogen-bond donors (Lipinski definition) is 2. The molecule has 0 fully saturated rings. The highest BCUT2D eigenvalue weighted by Gasteiger charge is 2.15. The van der Waals surface area contributed by atoms with Crippen LogP contribution in [0.5, 0.6) is 0 Å². The number of ether oxygens (including phenoxy) is 1. The van der Waals surface area contributed by atoms with Crippen LogP contribution in [-0.2, 0) is 14.3 Å². The number of carbonyl (C=O) groups is 3. The molecule has 0 heterocycles. The smallest absolute Gasteiger partial charge is 0.325 e. The Kier molecular flexibility index (Phi) is 9.15. The van der Waals surface area contributed by atoms with Crippen LogP contribution >= 0.6 is 0 Å². The lowest BCUT2D eigenvalue weighted by molar-refractivity contribution is -0.141. The molecule has 0 aromatic rings. The monoisotopic (exact) mass is 288 g/mol. The molecule has 0 aliphatic heterocycles. The van der Waals surface area contributed by atoms with Crippen LogP contribution in [0.1, 0.15) is 33.1 Å². The van der Waals surface area contributed by atoms with Crippen LogP contribution in [0.4, 0.5) is 4.79 Å². The molecule has 0 spiro atoms. The number of nitrogens with zero attached hydrogens (tertiary/aromatic N) is 1. The van der Waals surface area contributed by atoms with Crippen LogP contribution in [0.15, 0.2) is 0 Å². The first-order valence-corrected chi connectivity index (χ1v) is 6.72. The van der Waals surface area contributed by atoms with E-state index in [4.69, 9.17) is 5.11 Å². The third kappa shape index (κ3) is 8.34. The second kappa shape index (κ2) is 10.1. The van der Waals surface area contributed by atoms with Gasteiger partial charge in [-0.3, -0.25) is 9.59 Å². The molecule has 0 saturated carbocycles. The molecule has 2 amide bonds. The maximum Gasteiger partial charge on any atom is 0.325 e. The van der Waals surface area contributed by atoms with Crippen molar-refractivity contribution in [1.82, 2.24) is 10.2 Å². The molecule has 0 saturated heterocycles. The number of amides is 2. The largest absolute Gasteiger partial charge is 0.481 e. The Morgan fingerprint density at radius 2 is 1.95 bits per heavy atom. The fourth-order valence-corrected chi connectivity index (χ4v) is 1.60. The first-order chi connectivity index (χ1) is 9.40. The van der Waals surface area contributed by atoms with Gasteiger partial charge in [-0.2, -0.15) is 0 Å². The number of aliphatic carboxylic acids is 1. The summed E-state index contributed by atoms with van der Waals surface area (Å²) in [5.41, 5.74) is 0. The van der Waals surface area contributed by atoms with Crippen LogP contribution in [0, 0.1) is 5.92 Å². The van der Waals surface area contributed by atoms with Crippen molar-refractivity contribution in [2.75, 3.05) is 26.7 Å². The first-order valence-electron chi connectivity index (χ1n) is 6.72. The standard InChI is InChI=1S/C13H24N2O5/c1-4-15(9-12(18)20-3)13(19)14-8-7-10(2)5-6-11(16)17/h10H,4-9H2,1-3H3,(H,14,19)(H,16,17). The average Bonchev–Trinajstić information content (AvgIpc) is 2.41. The maximum absolute atomic E-state index is 11.8. The number of hydrogen-bond acceptors (Lipinski definition) is 4. The minimum Gasteiger partial charge on any atom is -0.481 e. The second-order valence-electron chi connectivity index (χ2n) is 4.65. The normalized spacial score (nSPS) is 11.6. The van der Waals surface area contributed by atoms with Crippen molar-refractivity contribution in [1.29, 1.82) is 0 Å². The van der Waals surface area contributed by atoms with Gasteiger partial charge in [-0.25, -0.2) is 4.79 Å². The van der Waals surface area contributed by atoms with Crippen molar-refractivity contribution < 1.29 is 24.2 Å². The first kappa shape index (κ1) is 18.2. The lowest BCUT2D eigenvalue weighted by Gasteiger charge is -2.20. The Hall–Kier alpha value is -1.79. The minimum atomic E-state index is -0.809. The molecule has 0 bridgehead atoms. The van der Waals surface area contributed by atoms with Crippen LogP contribution in [0.3, 0.4) is 0 Å². The van der Waals surface area contributed by atoms with Gasteiger partial charge in [0.1, 0.15) is 6.54 Å². The van der Waals surface area contributed by atoms with E-state index in [2.05, 4.69) is 10.1 Å². The zero-order chi connectivity index (χ0) is 15.5. The van der Waals surface area contributed by atoms with Gasteiger partial charge in [-0.1, -0.05) is 6.92 Å². The number of nitrogens with one attached hydrogen (secondary N) is 1. The fourth-order valence-electron chi connectivity index (χ4n) is 1.60. The molecule has 0 aliphatic carbocycles. The number of esters is 1. The van der Waals surface area contributed by atoms with Crippen LogP contribution in [0.2, 0.25) is 0 Å². The summed E-state index contributed by atoms with van der Waals surface area (Å²) in [5, 5.41) is 11.3. The highest BCUT2D eigenvalue weighted by molar-refractivity contribution is 5.80. The molecule has 7 nitrogen and oxygen atoms in total. The van der Waals surface area contributed by atoms with Crippen molar-refractivity contribution in [3.63, 3.8) is 0 Å². The Morgan fingerprint density at radius 3 is 2.45 bits per heavy atom. The minimum absolute atomic E-state index is 0.0760. The Labute approximate surface area is 119 Å². The molecular formula is C13H24N2O5. The predicted molar refractivity (Wildman–Crippen MR) is 73.3 cm³/mol. The summed E-state index contributed by atoms with van der Waals surface area (Å²) in [5.74, 6) is -1.05. The van der Waals surface area contributed by atoms with Crippen molar-refractivity contribution in [3.8, 4) is 0 Å². The number of likely N-dealkylation sites (N-methyl/N-ethyl adjacent to an activating group) is 1. The quantitative estimate of drug-likeness (QED) is 0.619. The van der Waals surface area contributed by atoms with Crippen LogP contribution in [0.25, 0.3) is 0 Å². The van der Waals surface area contributed by atoms with E-state index in [0.717, 1.165) is 0 Å². The van der Waals surface area contributed by atoms with Crippen molar-refractivity contribution >= 4 is 18.0 Å². The van der Waals surface area contributed by atoms with Crippen LogP contribution < -0.4 is 5.32 Å². The number of carboxylic acid groups (broad SMARTS) is 1. The number of methoxy groups -OCH3 is 1. The van der Waals surface area contributed by atoms with E-state index < -0.39 is 11.9 Å². The average molecular weight is 288 g/mol. The molecule has 0 aromatic carbocycles. The zero-order valence-corrected chi connectivity index (χ0v) is 12.3. The lowest BCUT2D eigenvalue weighted by atomic mass is 10.0. The Bertz CT molecular complexity index is 333. The van der Waals surface area contributed by atoms with Gasteiger partial charge in [0.25, 0.3) is 0 Å². The lowest BCUT2D eigenvalue weighted by Crippen LogP contribution is -2.43. The van der Waals surface area contributed by atoms with E-state index >= 15 is 0 Å². The van der Waals surface area contributed by atoms with E-state index in [1.165, 1.54) is 12.0 Å². The number of rotatable bonds is 9. The van der Waals surface area contributed by atoms with Gasteiger partial charge in [-0.05, 0) is 25.7 Å². The van der Waals surface area contributed by atoms with E-state index in [1.807, 2.05) is 6.92 Å². The molecule has 1 atom stereocenters. The summed E-state index contributed by atoms with van der Waals surface area (Å²) < 4.78 is 4.51. The van der Waals surface area contributed by atoms with Crippen LogP contribution in [-0.4, -0.2) is 54.7 Å². The summed E-state index contributed by atoms with van der Waals surface area (Å²) in [6.45, 7) is 4.51. The fraction of sp³-hybridized carbons (Fsp3) is 0.769. The van der Waals surface area contributed by atoms with Gasteiger partial charge in [0.2, 0.25) is 0 Å². The van der Waals surface area contributed by atoms with E-state index in [1.54, 1.807) is 6.92 Å². The van der Waals surface area contributed by atoms with E-state index in [0.29, 0.717) is 25.9 Å². The van der Waals surface area contributed by atoms with E-state index in [9.17, 15) is 14.4 Å². The molecule has 7 heteroatoms. The Balaban J connectivity index is 3.95. The molecule has 0 aliphatic rings. The molecular weight excluding hydrogens is 264 g/mol. The van der Waals surface area contributed by atoms with Crippen molar-refractivity contribution in [2.45, 2.75) is 33.1 Å². The molecule has 0 rings (SSSR count). The molecule has 2 N–H and O–H groups in total. The summed E-state index contributed by atoms with van der Waals surface area (Å²) in [4.78, 5) is 34.7. The molecule has 116 valence electrons. The van der Waals surface area contributed by atoms with Gasteiger partial charge >= 0.3 is 18.0 Å². The highest BCUT2D eigenvalue weighted by Crippen LogP contribution is 2.09. The molecule has 20 heavy (non-hydrogen) atoms. The van der Waals surface area contributed by atoms with Crippen molar-refractivity contribution in [3.05, 3.63) is 0 Å². The third-order valence-electron chi connectivity index (χ3n) is 2.98. The van der Waals surface area contributed by atoms with Crippen molar-refractivity contribution in [2.24, 2.45) is 5.92 Å². The number of urea groups is 1. The Morgan fingerprint density at radius 1 is 1.30 bits per heavy atom. The van der Waals surface area contributed by atoms with Gasteiger partial charge in [0.05, 0.1) is 7.11 Å². The third-order valence-corrected chi connectivity index (χ3v) is 2.98. The topological polar surface area (TPSA) is 95.9 Å². The summed E-state index contributed by atoms with van der Waals surface area (Å²) >= 11 is 0. The summed E-state index contributed by atoms with van der Waals surface area (Å²) in [6, 6.07) is -0.316. The molecule has 1 unspecified atom stereocenters. The number of carboxylic acids is 1. The van der Waals surface area contributed by atoms with Gasteiger partial charge < -0.3 is 20.1 Å². The SMILES string of the molecule is CCN(CC(=O)OC)C(=O)NCCC(C)CCC(=O)O. The zero-order valence-electron chi connectivity index (χ0n) is 12.3. The summed E-state index contributed by atoms with van der Waals surface area (Å²) in [7, 11) is 1.28. The van der Waals surface area contributed by atoms with Gasteiger partial charge in [0.15, 0.2) is 0 Å². The molecule has 0 aromatic heterocycles. The number of carbonyl (C=O) groups excluding carboxylic acids is 2. The van der Waals surface area contributed by atoms with Gasteiger partial charge in [0, 0.05) is 19.5 Å². The second-order valence-corrected chi connectivity index (χ2v) is 4.65. The highest BCUT2D eigenvalue weighted by atomic mass is 16.5. The predicted octanol–water partition coefficient (Wildman–Crippen LogP) is 1.08. The van der Waals surface area contributed by atoms with Gasteiger partial charge in [-0.15, -0.1) is 0 Å². The van der Waals surface area contributed by atoms with E-state index in [-0.39, 0.29) is 24.9 Å².